The molecule has 0 aliphatic heterocycles. The standard InChI is InChI=1S/C21H15F2N5O/c1-11-25-10-18(29-11)19-16-7-14(3-5-17(16)27-28-19)26-20-15-4-2-12(9-24)6-13(15)8-21(20,22)23/h2-7,10,20,26H,8H2,1H3,(H,27,28)/t20-/m1/s1. The van der Waals surface area contributed by atoms with E-state index in [-0.39, 0.29) is 0 Å². The molecule has 0 amide bonds. The zero-order chi connectivity index (χ0) is 20.2. The number of fused-ring (bicyclic) bond motifs is 2. The van der Waals surface area contributed by atoms with Gasteiger partial charge in [-0.3, -0.25) is 5.10 Å². The molecule has 1 aliphatic rings. The Morgan fingerprint density at radius 2 is 2.14 bits per heavy atom. The summed E-state index contributed by atoms with van der Waals surface area (Å²) in [4.78, 5) is 4.08. The van der Waals surface area contributed by atoms with Crippen LogP contribution in [-0.4, -0.2) is 21.1 Å². The maximum atomic E-state index is 14.7. The Hall–Kier alpha value is -3.73. The fraction of sp³-hybridized carbons (Fsp3) is 0.190. The van der Waals surface area contributed by atoms with Gasteiger partial charge in [0.15, 0.2) is 11.7 Å². The van der Waals surface area contributed by atoms with Gasteiger partial charge in [0.05, 0.1) is 23.3 Å². The molecule has 0 saturated carbocycles. The molecule has 6 nitrogen and oxygen atoms in total. The van der Waals surface area contributed by atoms with Crippen molar-refractivity contribution in [2.45, 2.75) is 25.3 Å². The van der Waals surface area contributed by atoms with E-state index in [0.29, 0.717) is 39.7 Å². The van der Waals surface area contributed by atoms with Crippen LogP contribution >= 0.6 is 0 Å². The van der Waals surface area contributed by atoms with Crippen LogP contribution in [0.25, 0.3) is 22.4 Å². The van der Waals surface area contributed by atoms with Gasteiger partial charge in [-0.05, 0) is 41.5 Å². The first kappa shape index (κ1) is 17.4. The number of nitrogens with zero attached hydrogens (tertiary/aromatic N) is 3. The van der Waals surface area contributed by atoms with Crippen molar-refractivity contribution in [3.05, 3.63) is 65.2 Å². The van der Waals surface area contributed by atoms with E-state index in [1.165, 1.54) is 6.07 Å². The second-order valence-electron chi connectivity index (χ2n) is 7.12. The average Bonchev–Trinajstić information content (AvgIpc) is 3.37. The molecule has 2 N–H and O–H groups in total. The minimum absolute atomic E-state index is 0.381. The van der Waals surface area contributed by atoms with Crippen LogP contribution in [0.2, 0.25) is 0 Å². The highest BCUT2D eigenvalue weighted by Crippen LogP contribution is 2.45. The fourth-order valence-electron chi connectivity index (χ4n) is 3.81. The van der Waals surface area contributed by atoms with E-state index in [1.807, 2.05) is 6.07 Å². The van der Waals surface area contributed by atoms with Gasteiger partial charge in [0.25, 0.3) is 5.92 Å². The molecule has 0 unspecified atom stereocenters. The predicted molar refractivity (Wildman–Crippen MR) is 102 cm³/mol. The number of rotatable bonds is 3. The highest BCUT2D eigenvalue weighted by Gasteiger charge is 2.47. The summed E-state index contributed by atoms with van der Waals surface area (Å²) in [6.45, 7) is 1.74. The maximum Gasteiger partial charge on any atom is 0.275 e. The molecule has 0 saturated heterocycles. The highest BCUT2D eigenvalue weighted by atomic mass is 19.3. The number of benzene rings is 2. The van der Waals surface area contributed by atoms with E-state index in [9.17, 15) is 8.78 Å². The van der Waals surface area contributed by atoms with E-state index >= 15 is 0 Å². The minimum Gasteiger partial charge on any atom is -0.439 e. The second-order valence-corrected chi connectivity index (χ2v) is 7.12. The first-order valence-corrected chi connectivity index (χ1v) is 9.03. The monoisotopic (exact) mass is 391 g/mol. The molecule has 144 valence electrons. The number of H-pyrrole nitrogens is 1. The van der Waals surface area contributed by atoms with Crippen LogP contribution in [0.1, 0.15) is 28.6 Å². The molecule has 1 aliphatic carbocycles. The molecule has 8 heteroatoms. The third-order valence-electron chi connectivity index (χ3n) is 5.16. The van der Waals surface area contributed by atoms with Crippen LogP contribution in [0.4, 0.5) is 14.5 Å². The summed E-state index contributed by atoms with van der Waals surface area (Å²) in [5.41, 5.74) is 3.25. The lowest BCUT2D eigenvalue weighted by atomic mass is 10.0. The van der Waals surface area contributed by atoms with Crippen molar-refractivity contribution in [2.24, 2.45) is 0 Å². The number of halogens is 2. The van der Waals surface area contributed by atoms with Crippen LogP contribution in [0, 0.1) is 18.3 Å². The lowest BCUT2D eigenvalue weighted by molar-refractivity contribution is -0.00705. The number of anilines is 1. The number of aryl methyl sites for hydroxylation is 1. The Bertz CT molecular complexity index is 1280. The number of alkyl halides is 2. The Morgan fingerprint density at radius 1 is 1.28 bits per heavy atom. The summed E-state index contributed by atoms with van der Waals surface area (Å²) in [6.07, 6.45) is 1.19. The fourth-order valence-corrected chi connectivity index (χ4v) is 3.81. The average molecular weight is 391 g/mol. The van der Waals surface area contributed by atoms with E-state index in [1.54, 1.807) is 43.5 Å². The molecule has 1 atom stereocenters. The van der Waals surface area contributed by atoms with Gasteiger partial charge < -0.3 is 9.73 Å². The number of nitrogens with one attached hydrogen (secondary N) is 2. The van der Waals surface area contributed by atoms with Gasteiger partial charge in [-0.1, -0.05) is 6.07 Å². The second kappa shape index (κ2) is 6.14. The lowest BCUT2D eigenvalue weighted by Gasteiger charge is -2.22. The van der Waals surface area contributed by atoms with E-state index < -0.39 is 18.4 Å². The van der Waals surface area contributed by atoms with Gasteiger partial charge >= 0.3 is 0 Å². The molecule has 2 aromatic carbocycles. The molecule has 5 rings (SSSR count). The van der Waals surface area contributed by atoms with Crippen molar-refractivity contribution >= 4 is 16.6 Å². The van der Waals surface area contributed by atoms with Crippen LogP contribution in [-0.2, 0) is 6.42 Å². The largest absolute Gasteiger partial charge is 0.439 e. The van der Waals surface area contributed by atoms with Gasteiger partial charge in [0, 0.05) is 24.4 Å². The Labute approximate surface area is 164 Å². The predicted octanol–water partition coefficient (Wildman–Crippen LogP) is 4.74. The first-order valence-electron chi connectivity index (χ1n) is 9.03. The lowest BCUT2D eigenvalue weighted by Crippen LogP contribution is -2.28. The van der Waals surface area contributed by atoms with Gasteiger partial charge in [-0.2, -0.15) is 10.4 Å². The van der Waals surface area contributed by atoms with Crippen molar-refractivity contribution in [1.82, 2.24) is 15.2 Å². The van der Waals surface area contributed by atoms with Gasteiger partial charge in [-0.25, -0.2) is 13.8 Å². The number of oxazole rings is 1. The summed E-state index contributed by atoms with van der Waals surface area (Å²) in [5.74, 6) is -1.94. The van der Waals surface area contributed by atoms with Gasteiger partial charge in [0.1, 0.15) is 11.7 Å². The third-order valence-corrected chi connectivity index (χ3v) is 5.16. The van der Waals surface area contributed by atoms with Crippen molar-refractivity contribution in [2.75, 3.05) is 5.32 Å². The van der Waals surface area contributed by atoms with E-state index in [2.05, 4.69) is 20.5 Å². The van der Waals surface area contributed by atoms with Crippen molar-refractivity contribution < 1.29 is 13.2 Å². The molecule has 2 aromatic heterocycles. The number of hydrogen-bond acceptors (Lipinski definition) is 5. The highest BCUT2D eigenvalue weighted by molar-refractivity contribution is 5.93. The van der Waals surface area contributed by atoms with Crippen molar-refractivity contribution in [3.63, 3.8) is 0 Å². The van der Waals surface area contributed by atoms with Gasteiger partial charge in [0.2, 0.25) is 0 Å². The summed E-state index contributed by atoms with van der Waals surface area (Å²) in [7, 11) is 0. The molecule has 4 aromatic rings. The van der Waals surface area contributed by atoms with E-state index in [0.717, 1.165) is 10.9 Å². The van der Waals surface area contributed by atoms with Crippen LogP contribution < -0.4 is 5.32 Å². The molecular formula is C21H15F2N5O. The molecule has 0 bridgehead atoms. The quantitative estimate of drug-likeness (QED) is 0.526. The zero-order valence-corrected chi connectivity index (χ0v) is 15.3. The van der Waals surface area contributed by atoms with Gasteiger partial charge in [-0.15, -0.1) is 0 Å². The number of hydrogen-bond donors (Lipinski definition) is 2. The number of nitriles is 1. The minimum atomic E-state index is -2.97. The Morgan fingerprint density at radius 3 is 2.90 bits per heavy atom. The normalized spacial score (nSPS) is 17.2. The summed E-state index contributed by atoms with van der Waals surface area (Å²) in [5, 5.41) is 19.9. The van der Waals surface area contributed by atoms with Crippen molar-refractivity contribution in [1.29, 1.82) is 5.26 Å². The van der Waals surface area contributed by atoms with Crippen LogP contribution in [0.15, 0.2) is 47.0 Å². The van der Waals surface area contributed by atoms with Crippen molar-refractivity contribution in [3.8, 4) is 17.5 Å². The van der Waals surface area contributed by atoms with Crippen LogP contribution in [0.5, 0.6) is 0 Å². The molecule has 0 fully saturated rings. The van der Waals surface area contributed by atoms with E-state index in [4.69, 9.17) is 9.68 Å². The summed E-state index contributed by atoms with van der Waals surface area (Å²) >= 11 is 0. The SMILES string of the molecule is Cc1ncc(-c2n[nH]c3ccc(N[C@@H]4c5ccc(C#N)cc5CC4(F)F)cc23)o1. The zero-order valence-electron chi connectivity index (χ0n) is 15.3. The Balaban J connectivity index is 1.53. The third kappa shape index (κ3) is 2.83. The topological polar surface area (TPSA) is 90.5 Å². The summed E-state index contributed by atoms with van der Waals surface area (Å²) < 4.78 is 35.0. The Kier molecular flexibility index (Phi) is 3.68. The smallest absolute Gasteiger partial charge is 0.275 e. The van der Waals surface area contributed by atoms with Crippen LogP contribution in [0.3, 0.4) is 0 Å². The molecule has 2 heterocycles. The molecule has 0 radical (unpaired) electrons. The maximum absolute atomic E-state index is 14.7. The molecular weight excluding hydrogens is 376 g/mol. The summed E-state index contributed by atoms with van der Waals surface area (Å²) in [6, 6.07) is 10.8. The first-order chi connectivity index (χ1) is 13.9. The number of aromatic nitrogens is 3. The molecule has 0 spiro atoms. The molecule has 29 heavy (non-hydrogen) atoms. The number of aromatic amines is 1.